The van der Waals surface area contributed by atoms with E-state index in [4.69, 9.17) is 17.3 Å². The third kappa shape index (κ3) is 3.21. The van der Waals surface area contributed by atoms with Gasteiger partial charge in [-0.1, -0.05) is 17.7 Å². The van der Waals surface area contributed by atoms with E-state index in [0.717, 1.165) is 17.7 Å². The number of nitrogens with zero attached hydrogens (tertiary/aromatic N) is 2. The van der Waals surface area contributed by atoms with Crippen LogP contribution in [0.25, 0.3) is 0 Å². The van der Waals surface area contributed by atoms with Crippen molar-refractivity contribution in [1.82, 2.24) is 9.99 Å². The highest BCUT2D eigenvalue weighted by molar-refractivity contribution is 6.30. The normalized spacial score (nSPS) is 16.6. The third-order valence-electron chi connectivity index (χ3n) is 4.13. The average Bonchev–Trinajstić information content (AvgIpc) is 2.83. The molecule has 0 bridgehead atoms. The van der Waals surface area contributed by atoms with Crippen LogP contribution < -0.4 is 11.2 Å². The fourth-order valence-corrected chi connectivity index (χ4v) is 3.01. The first-order chi connectivity index (χ1) is 11.5. The second-order valence-corrected chi connectivity index (χ2v) is 6.33. The Labute approximate surface area is 145 Å². The fourth-order valence-electron chi connectivity index (χ4n) is 2.88. The molecule has 3 rings (SSSR count). The summed E-state index contributed by atoms with van der Waals surface area (Å²) < 4.78 is 1.95. The molecular formula is C18H19ClN4O. The Morgan fingerprint density at radius 3 is 2.71 bits per heavy atom. The van der Waals surface area contributed by atoms with Gasteiger partial charge in [0.15, 0.2) is 0 Å². The Balaban J connectivity index is 1.85. The molecule has 2 heterocycles. The van der Waals surface area contributed by atoms with Crippen molar-refractivity contribution in [2.24, 2.45) is 17.9 Å². The number of aromatic nitrogens is 1. The molecule has 24 heavy (non-hydrogen) atoms. The first kappa shape index (κ1) is 16.3. The number of ketones is 1. The van der Waals surface area contributed by atoms with E-state index in [1.807, 2.05) is 30.7 Å². The lowest BCUT2D eigenvalue weighted by molar-refractivity contribution is 0.103. The highest BCUT2D eigenvalue weighted by Gasteiger charge is 2.20. The van der Waals surface area contributed by atoms with Crippen LogP contribution in [0.4, 0.5) is 0 Å². The standard InChI is InChI=1S/C18H19ClN4O/c1-11-9-15(10-14-7-8-16(20)22-21-14)23(2)17(11)18(24)12-3-5-13(19)6-4-12/h3-9,14,21H,10H2,1-2H3,(H2,20,22). The monoisotopic (exact) mass is 342 g/mol. The van der Waals surface area contributed by atoms with Crippen molar-refractivity contribution in [2.45, 2.75) is 19.4 Å². The zero-order chi connectivity index (χ0) is 17.3. The van der Waals surface area contributed by atoms with Crippen LogP contribution in [-0.2, 0) is 13.5 Å². The van der Waals surface area contributed by atoms with Crippen molar-refractivity contribution in [3.8, 4) is 0 Å². The van der Waals surface area contributed by atoms with Crippen LogP contribution in [0, 0.1) is 6.92 Å². The smallest absolute Gasteiger partial charge is 0.209 e. The predicted molar refractivity (Wildman–Crippen MR) is 96.4 cm³/mol. The molecule has 0 amide bonds. The zero-order valence-electron chi connectivity index (χ0n) is 13.6. The van der Waals surface area contributed by atoms with Crippen molar-refractivity contribution in [1.29, 1.82) is 0 Å². The number of carbonyl (C=O) groups is 1. The fraction of sp³-hybridized carbons (Fsp3) is 0.222. The van der Waals surface area contributed by atoms with E-state index in [0.29, 0.717) is 22.1 Å². The van der Waals surface area contributed by atoms with E-state index in [9.17, 15) is 4.79 Å². The number of amidine groups is 1. The number of hydrogen-bond acceptors (Lipinski definition) is 4. The molecule has 1 aliphatic heterocycles. The summed E-state index contributed by atoms with van der Waals surface area (Å²) in [5.41, 5.74) is 11.9. The van der Waals surface area contributed by atoms with Crippen LogP contribution in [0.1, 0.15) is 27.3 Å². The van der Waals surface area contributed by atoms with Gasteiger partial charge in [0, 0.05) is 29.7 Å². The van der Waals surface area contributed by atoms with E-state index >= 15 is 0 Å². The lowest BCUT2D eigenvalue weighted by atomic mass is 10.1. The summed E-state index contributed by atoms with van der Waals surface area (Å²) >= 11 is 5.90. The number of hydrogen-bond donors (Lipinski definition) is 2. The Morgan fingerprint density at radius 1 is 1.38 bits per heavy atom. The number of nitrogens with one attached hydrogen (secondary N) is 1. The van der Waals surface area contributed by atoms with Crippen LogP contribution in [0.3, 0.4) is 0 Å². The number of carbonyl (C=O) groups excluding carboxylic acids is 1. The largest absolute Gasteiger partial charge is 0.382 e. The van der Waals surface area contributed by atoms with Crippen LogP contribution in [0.15, 0.2) is 47.6 Å². The number of hydrazone groups is 1. The SMILES string of the molecule is Cc1cc(CC2C=CC(N)=NN2)n(C)c1C(=O)c1ccc(Cl)cc1. The minimum atomic E-state index is -0.00710. The quantitative estimate of drug-likeness (QED) is 0.839. The second kappa shape index (κ2) is 6.53. The molecule has 0 radical (unpaired) electrons. The summed E-state index contributed by atoms with van der Waals surface area (Å²) in [5.74, 6) is 0.459. The van der Waals surface area contributed by atoms with Crippen molar-refractivity contribution in [3.05, 3.63) is 70.0 Å². The first-order valence-electron chi connectivity index (χ1n) is 7.68. The lowest BCUT2D eigenvalue weighted by Gasteiger charge is -2.17. The van der Waals surface area contributed by atoms with Gasteiger partial charge >= 0.3 is 0 Å². The van der Waals surface area contributed by atoms with Crippen LogP contribution in [0.5, 0.6) is 0 Å². The summed E-state index contributed by atoms with van der Waals surface area (Å²) in [6.45, 7) is 1.95. The van der Waals surface area contributed by atoms with Crippen molar-refractivity contribution in [2.75, 3.05) is 0 Å². The number of aryl methyl sites for hydroxylation is 1. The molecule has 1 aromatic carbocycles. The molecule has 0 saturated carbocycles. The van der Waals surface area contributed by atoms with Crippen LogP contribution in [-0.4, -0.2) is 22.2 Å². The molecule has 3 N–H and O–H groups in total. The summed E-state index contributed by atoms with van der Waals surface area (Å²) in [6.07, 6.45) is 4.49. The molecule has 1 unspecified atom stereocenters. The average molecular weight is 343 g/mol. The van der Waals surface area contributed by atoms with Crippen LogP contribution in [0.2, 0.25) is 5.02 Å². The molecule has 2 aromatic rings. The van der Waals surface area contributed by atoms with Gasteiger partial charge in [-0.25, -0.2) is 0 Å². The topological polar surface area (TPSA) is 72.4 Å². The minimum Gasteiger partial charge on any atom is -0.382 e. The van der Waals surface area contributed by atoms with Crippen molar-refractivity contribution in [3.63, 3.8) is 0 Å². The maximum Gasteiger partial charge on any atom is 0.209 e. The Kier molecular flexibility index (Phi) is 4.44. The first-order valence-corrected chi connectivity index (χ1v) is 8.06. The summed E-state index contributed by atoms with van der Waals surface area (Å²) in [4.78, 5) is 12.8. The van der Waals surface area contributed by atoms with Gasteiger partial charge in [0.1, 0.15) is 5.84 Å². The van der Waals surface area contributed by atoms with E-state index in [1.54, 1.807) is 30.3 Å². The second-order valence-electron chi connectivity index (χ2n) is 5.90. The third-order valence-corrected chi connectivity index (χ3v) is 4.38. The maximum absolute atomic E-state index is 12.8. The molecule has 0 spiro atoms. The van der Waals surface area contributed by atoms with Crippen molar-refractivity contribution >= 4 is 23.2 Å². The number of rotatable bonds is 4. The molecule has 124 valence electrons. The summed E-state index contributed by atoms with van der Waals surface area (Å²) in [5, 5.41) is 4.64. The Hall–Kier alpha value is -2.53. The zero-order valence-corrected chi connectivity index (χ0v) is 14.3. The van der Waals surface area contributed by atoms with Gasteiger partial charge in [-0.3, -0.25) is 4.79 Å². The van der Waals surface area contributed by atoms with E-state index < -0.39 is 0 Å². The Bertz CT molecular complexity index is 833. The molecule has 0 saturated heterocycles. The van der Waals surface area contributed by atoms with Gasteiger partial charge in [-0.15, -0.1) is 0 Å². The molecule has 1 aromatic heterocycles. The molecule has 6 heteroatoms. The number of halogens is 1. The van der Waals surface area contributed by atoms with Crippen molar-refractivity contribution < 1.29 is 4.79 Å². The Morgan fingerprint density at radius 2 is 2.08 bits per heavy atom. The summed E-state index contributed by atoms with van der Waals surface area (Å²) in [6, 6.07) is 9.06. The van der Waals surface area contributed by atoms with Crippen LogP contribution >= 0.6 is 11.6 Å². The molecule has 1 atom stereocenters. The molecule has 5 nitrogen and oxygen atoms in total. The van der Waals surface area contributed by atoms with E-state index in [2.05, 4.69) is 10.5 Å². The highest BCUT2D eigenvalue weighted by Crippen LogP contribution is 2.21. The van der Waals surface area contributed by atoms with Gasteiger partial charge in [-0.05, 0) is 48.9 Å². The minimum absolute atomic E-state index is 0.00710. The highest BCUT2D eigenvalue weighted by atomic mass is 35.5. The molecule has 1 aliphatic rings. The molecular weight excluding hydrogens is 324 g/mol. The predicted octanol–water partition coefficient (Wildman–Crippen LogP) is 2.56. The van der Waals surface area contributed by atoms with Gasteiger partial charge in [0.25, 0.3) is 0 Å². The lowest BCUT2D eigenvalue weighted by Crippen LogP contribution is -2.32. The number of nitrogens with two attached hydrogens (primary N) is 1. The van der Waals surface area contributed by atoms with E-state index in [-0.39, 0.29) is 11.8 Å². The van der Waals surface area contributed by atoms with Gasteiger partial charge in [0.2, 0.25) is 5.78 Å². The van der Waals surface area contributed by atoms with Gasteiger partial charge in [-0.2, -0.15) is 5.10 Å². The van der Waals surface area contributed by atoms with E-state index in [1.165, 1.54) is 0 Å². The summed E-state index contributed by atoms with van der Waals surface area (Å²) in [7, 11) is 1.91. The molecule has 0 aliphatic carbocycles. The molecule has 0 fully saturated rings. The number of benzene rings is 1. The van der Waals surface area contributed by atoms with Gasteiger partial charge < -0.3 is 15.7 Å². The van der Waals surface area contributed by atoms with Gasteiger partial charge in [0.05, 0.1) is 11.7 Å². The maximum atomic E-state index is 12.8.